The first-order chi connectivity index (χ1) is 10.6. The molecular weight excluding hydrogens is 274 g/mol. The molecule has 0 unspecified atom stereocenters. The first kappa shape index (κ1) is 15.1. The summed E-state index contributed by atoms with van der Waals surface area (Å²) in [5.41, 5.74) is 2.47. The molecule has 0 N–H and O–H groups in total. The van der Waals surface area contributed by atoms with Crippen molar-refractivity contribution in [1.29, 1.82) is 0 Å². The summed E-state index contributed by atoms with van der Waals surface area (Å²) in [7, 11) is 0. The maximum atomic E-state index is 12.3. The van der Waals surface area contributed by atoms with Crippen LogP contribution in [0.3, 0.4) is 0 Å². The predicted molar refractivity (Wildman–Crippen MR) is 88.7 cm³/mol. The number of hydrogen-bond acceptors (Lipinski definition) is 3. The van der Waals surface area contributed by atoms with E-state index in [1.807, 2.05) is 32.3 Å². The molecule has 0 aromatic carbocycles. The largest absolute Gasteiger partial charge is 0.371 e. The van der Waals surface area contributed by atoms with Gasteiger partial charge in [0, 0.05) is 49.8 Å². The molecule has 0 radical (unpaired) electrons. The number of rotatable bonds is 2. The van der Waals surface area contributed by atoms with Gasteiger partial charge in [-0.15, -0.1) is 0 Å². The summed E-state index contributed by atoms with van der Waals surface area (Å²) in [5.74, 6) is 0.218. The Morgan fingerprint density at radius 2 is 1.82 bits per heavy atom. The Hall–Kier alpha value is -1.84. The zero-order valence-electron chi connectivity index (χ0n) is 13.6. The number of aromatic nitrogens is 1. The second kappa shape index (κ2) is 6.11. The molecule has 1 spiro atoms. The summed E-state index contributed by atoms with van der Waals surface area (Å²) in [6.45, 7) is 7.86. The Balaban J connectivity index is 1.61. The third-order valence-corrected chi connectivity index (χ3v) is 5.35. The van der Waals surface area contributed by atoms with Crippen molar-refractivity contribution in [2.24, 2.45) is 5.41 Å². The van der Waals surface area contributed by atoms with Crippen LogP contribution in [0.1, 0.15) is 33.1 Å². The van der Waals surface area contributed by atoms with Crippen molar-refractivity contribution in [2.45, 2.75) is 33.1 Å². The molecule has 2 saturated heterocycles. The van der Waals surface area contributed by atoms with Crippen LogP contribution in [0.2, 0.25) is 0 Å². The van der Waals surface area contributed by atoms with Crippen molar-refractivity contribution in [3.63, 3.8) is 0 Å². The number of likely N-dealkylation sites (tertiary alicyclic amines) is 1. The lowest BCUT2D eigenvalue weighted by Gasteiger charge is -2.40. The normalized spacial score (nSPS) is 21.5. The van der Waals surface area contributed by atoms with Gasteiger partial charge in [-0.05, 0) is 50.7 Å². The summed E-state index contributed by atoms with van der Waals surface area (Å²) < 4.78 is 0. The molecule has 3 heterocycles. The van der Waals surface area contributed by atoms with E-state index in [2.05, 4.69) is 26.9 Å². The van der Waals surface area contributed by atoms with E-state index in [0.29, 0.717) is 5.41 Å². The molecular formula is C18H25N3O. The number of amides is 1. The van der Waals surface area contributed by atoms with E-state index in [9.17, 15) is 4.79 Å². The Bertz CT molecular complexity index is 559. The molecule has 2 aliphatic rings. The van der Waals surface area contributed by atoms with Crippen molar-refractivity contribution in [1.82, 2.24) is 9.88 Å². The molecule has 1 aromatic heterocycles. The van der Waals surface area contributed by atoms with E-state index < -0.39 is 0 Å². The Kier molecular flexibility index (Phi) is 4.19. The summed E-state index contributed by atoms with van der Waals surface area (Å²) >= 11 is 0. The van der Waals surface area contributed by atoms with Gasteiger partial charge in [0.25, 0.3) is 0 Å². The van der Waals surface area contributed by atoms with Gasteiger partial charge in [-0.3, -0.25) is 9.78 Å². The van der Waals surface area contributed by atoms with Gasteiger partial charge in [0.05, 0.1) is 0 Å². The lowest BCUT2D eigenvalue weighted by atomic mass is 9.77. The second-order valence-electron chi connectivity index (χ2n) is 6.64. The monoisotopic (exact) mass is 299 g/mol. The average molecular weight is 299 g/mol. The first-order valence-electron chi connectivity index (χ1n) is 8.21. The van der Waals surface area contributed by atoms with Crippen molar-refractivity contribution in [3.05, 3.63) is 36.2 Å². The highest BCUT2D eigenvalue weighted by atomic mass is 16.2. The van der Waals surface area contributed by atoms with Gasteiger partial charge in [-0.2, -0.15) is 0 Å². The molecule has 22 heavy (non-hydrogen) atoms. The van der Waals surface area contributed by atoms with E-state index in [4.69, 9.17) is 0 Å². The van der Waals surface area contributed by atoms with Gasteiger partial charge < -0.3 is 9.80 Å². The van der Waals surface area contributed by atoms with Gasteiger partial charge in [0.1, 0.15) is 0 Å². The van der Waals surface area contributed by atoms with Crippen molar-refractivity contribution < 1.29 is 4.79 Å². The smallest absolute Gasteiger partial charge is 0.249 e. The quantitative estimate of drug-likeness (QED) is 0.788. The Morgan fingerprint density at radius 1 is 1.18 bits per heavy atom. The fourth-order valence-corrected chi connectivity index (χ4v) is 3.68. The molecule has 0 aliphatic carbocycles. The highest BCUT2D eigenvalue weighted by molar-refractivity contribution is 5.92. The van der Waals surface area contributed by atoms with Crippen LogP contribution >= 0.6 is 0 Å². The van der Waals surface area contributed by atoms with Crippen LogP contribution in [0.15, 0.2) is 36.2 Å². The highest BCUT2D eigenvalue weighted by Gasteiger charge is 2.42. The molecule has 4 heteroatoms. The van der Waals surface area contributed by atoms with E-state index in [-0.39, 0.29) is 5.91 Å². The molecule has 2 fully saturated rings. The minimum Gasteiger partial charge on any atom is -0.371 e. The zero-order valence-corrected chi connectivity index (χ0v) is 13.6. The third-order valence-electron chi connectivity index (χ3n) is 5.35. The topological polar surface area (TPSA) is 36.4 Å². The number of hydrogen-bond donors (Lipinski definition) is 0. The van der Waals surface area contributed by atoms with Crippen LogP contribution in [0.4, 0.5) is 5.69 Å². The molecule has 0 bridgehead atoms. The number of allylic oxidation sites excluding steroid dienone is 1. The number of carbonyl (C=O) groups excluding carboxylic acids is 1. The van der Waals surface area contributed by atoms with E-state index in [0.717, 1.165) is 38.2 Å². The van der Waals surface area contributed by atoms with Crippen LogP contribution in [-0.2, 0) is 4.79 Å². The molecule has 2 aliphatic heterocycles. The van der Waals surface area contributed by atoms with Crippen LogP contribution in [0, 0.1) is 5.41 Å². The molecule has 1 aromatic rings. The zero-order chi connectivity index (χ0) is 15.6. The van der Waals surface area contributed by atoms with Gasteiger partial charge in [-0.25, -0.2) is 0 Å². The summed E-state index contributed by atoms with van der Waals surface area (Å²) in [6.07, 6.45) is 9.13. The van der Waals surface area contributed by atoms with Crippen LogP contribution in [0.25, 0.3) is 0 Å². The lowest BCUT2D eigenvalue weighted by Crippen LogP contribution is -2.42. The fourth-order valence-electron chi connectivity index (χ4n) is 3.68. The lowest BCUT2D eigenvalue weighted by molar-refractivity contribution is -0.126. The number of carbonyl (C=O) groups is 1. The average Bonchev–Trinajstić information content (AvgIpc) is 2.98. The van der Waals surface area contributed by atoms with Gasteiger partial charge in [0.2, 0.25) is 5.91 Å². The van der Waals surface area contributed by atoms with E-state index in [1.54, 1.807) is 0 Å². The third kappa shape index (κ3) is 2.87. The van der Waals surface area contributed by atoms with Crippen molar-refractivity contribution >= 4 is 11.6 Å². The Labute approximate surface area is 132 Å². The standard InChI is InChI=1S/C18H25N3O/c1-3-15(2)17(22)21-13-8-18(14-21)6-11-20(12-7-18)16-4-9-19-10-5-16/h3-5,9-10H,6-8,11-14H2,1-2H3/b15-3+. The van der Waals surface area contributed by atoms with Crippen LogP contribution in [0.5, 0.6) is 0 Å². The molecule has 0 saturated carbocycles. The van der Waals surface area contributed by atoms with E-state index >= 15 is 0 Å². The summed E-state index contributed by atoms with van der Waals surface area (Å²) in [4.78, 5) is 20.9. The number of piperidine rings is 1. The molecule has 118 valence electrons. The molecule has 1 amide bonds. The van der Waals surface area contributed by atoms with Gasteiger partial charge >= 0.3 is 0 Å². The second-order valence-corrected chi connectivity index (χ2v) is 6.64. The maximum absolute atomic E-state index is 12.3. The number of pyridine rings is 1. The summed E-state index contributed by atoms with van der Waals surface area (Å²) in [5, 5.41) is 0. The van der Waals surface area contributed by atoms with Crippen molar-refractivity contribution in [2.75, 3.05) is 31.1 Å². The highest BCUT2D eigenvalue weighted by Crippen LogP contribution is 2.41. The maximum Gasteiger partial charge on any atom is 0.249 e. The minimum absolute atomic E-state index is 0.218. The molecule has 3 rings (SSSR count). The fraction of sp³-hybridized carbons (Fsp3) is 0.556. The Morgan fingerprint density at radius 3 is 2.45 bits per heavy atom. The molecule has 0 atom stereocenters. The number of nitrogens with zero attached hydrogens (tertiary/aromatic N) is 3. The van der Waals surface area contributed by atoms with Crippen molar-refractivity contribution in [3.8, 4) is 0 Å². The minimum atomic E-state index is 0.218. The van der Waals surface area contributed by atoms with Gasteiger partial charge in [-0.1, -0.05) is 6.08 Å². The number of anilines is 1. The molecule has 4 nitrogen and oxygen atoms in total. The van der Waals surface area contributed by atoms with Gasteiger partial charge in [0.15, 0.2) is 0 Å². The first-order valence-corrected chi connectivity index (χ1v) is 8.21. The predicted octanol–water partition coefficient (Wildman–Crippen LogP) is 2.87. The summed E-state index contributed by atoms with van der Waals surface area (Å²) in [6, 6.07) is 4.16. The van der Waals surface area contributed by atoms with Crippen LogP contribution in [-0.4, -0.2) is 42.0 Å². The SMILES string of the molecule is C/C=C(\C)C(=O)N1CCC2(CCN(c3ccncc3)CC2)C1. The van der Waals surface area contributed by atoms with E-state index in [1.165, 1.54) is 18.5 Å². The van der Waals surface area contributed by atoms with Crippen LogP contribution < -0.4 is 4.90 Å².